The largest absolute Gasteiger partial charge is 0.482 e. The summed E-state index contributed by atoms with van der Waals surface area (Å²) in [6.45, 7) is 5.00. The second-order valence-corrected chi connectivity index (χ2v) is 9.26. The van der Waals surface area contributed by atoms with Crippen LogP contribution in [0.25, 0.3) is 10.2 Å². The molecule has 0 saturated carbocycles. The van der Waals surface area contributed by atoms with Crippen molar-refractivity contribution in [2.75, 3.05) is 37.7 Å². The van der Waals surface area contributed by atoms with Crippen molar-refractivity contribution in [1.29, 1.82) is 0 Å². The summed E-state index contributed by atoms with van der Waals surface area (Å²) < 4.78 is 58.6. The van der Waals surface area contributed by atoms with Gasteiger partial charge >= 0.3 is 12.1 Å². The van der Waals surface area contributed by atoms with E-state index in [4.69, 9.17) is 9.84 Å². The number of thiazole rings is 1. The average Bonchev–Trinajstić information content (AvgIpc) is 3.01. The summed E-state index contributed by atoms with van der Waals surface area (Å²) in [6, 6.07) is 7.33. The molecule has 1 fully saturated rings. The van der Waals surface area contributed by atoms with Gasteiger partial charge in [0.1, 0.15) is 11.6 Å². The van der Waals surface area contributed by atoms with E-state index in [0.29, 0.717) is 41.8 Å². The number of aliphatic carboxylic acids is 1. The number of fused-ring (bicyclic) bond motifs is 1. The van der Waals surface area contributed by atoms with Crippen molar-refractivity contribution in [2.45, 2.75) is 26.1 Å². The monoisotopic (exact) mass is 497 g/mol. The summed E-state index contributed by atoms with van der Waals surface area (Å²) >= 11 is 1.13. The lowest BCUT2D eigenvalue weighted by Gasteiger charge is -2.22. The molecule has 0 atom stereocenters. The number of hydrogen-bond donors (Lipinski definition) is 1. The van der Waals surface area contributed by atoms with E-state index in [9.17, 15) is 22.4 Å². The molecule has 34 heavy (non-hydrogen) atoms. The van der Waals surface area contributed by atoms with Gasteiger partial charge in [-0.05, 0) is 42.7 Å². The highest BCUT2D eigenvalue weighted by Crippen LogP contribution is 2.37. The molecule has 0 radical (unpaired) electrons. The van der Waals surface area contributed by atoms with Crippen molar-refractivity contribution < 1.29 is 32.2 Å². The number of carboxylic acid groups (broad SMARTS) is 1. The molecule has 1 saturated heterocycles. The van der Waals surface area contributed by atoms with E-state index in [2.05, 4.69) is 9.88 Å². The third kappa shape index (κ3) is 5.76. The standard InChI is InChI=1S/C23H23F4N3O3S/c1-14-7-15(9-16(8-14)33-13-21(31)32)12-29-3-2-4-30(6-5-29)22-28-19-11-18(24)17(23(25,26)27)10-20(19)34-22/h7-11H,2-6,12-13H2,1H3,(H,31,32). The number of hydrogen-bond acceptors (Lipinski definition) is 6. The number of aromatic nitrogens is 1. The fourth-order valence-electron chi connectivity index (χ4n) is 4.01. The number of halogens is 4. The van der Waals surface area contributed by atoms with Crippen molar-refractivity contribution in [3.63, 3.8) is 0 Å². The predicted molar refractivity (Wildman–Crippen MR) is 121 cm³/mol. The summed E-state index contributed by atoms with van der Waals surface area (Å²) in [4.78, 5) is 19.4. The van der Waals surface area contributed by atoms with Gasteiger partial charge in [0.05, 0.1) is 15.8 Å². The summed E-state index contributed by atoms with van der Waals surface area (Å²) in [7, 11) is 0. The number of alkyl halides is 3. The molecule has 1 aliphatic heterocycles. The number of carboxylic acids is 1. The first-order chi connectivity index (χ1) is 16.1. The zero-order chi connectivity index (χ0) is 24.5. The molecule has 182 valence electrons. The number of rotatable bonds is 6. The topological polar surface area (TPSA) is 65.9 Å². The molecule has 6 nitrogen and oxygen atoms in total. The quantitative estimate of drug-likeness (QED) is 0.487. The first kappa shape index (κ1) is 24.2. The van der Waals surface area contributed by atoms with Crippen molar-refractivity contribution >= 4 is 32.7 Å². The molecule has 1 aliphatic rings. The lowest BCUT2D eigenvalue weighted by atomic mass is 10.1. The van der Waals surface area contributed by atoms with Crippen molar-refractivity contribution in [2.24, 2.45) is 0 Å². The molecule has 0 unspecified atom stereocenters. The van der Waals surface area contributed by atoms with Gasteiger partial charge in [-0.3, -0.25) is 4.90 Å². The molecule has 3 aromatic rings. The molecule has 0 aliphatic carbocycles. The Bertz CT molecular complexity index is 1200. The van der Waals surface area contributed by atoms with Crippen LogP contribution in [-0.4, -0.2) is 53.7 Å². The summed E-state index contributed by atoms with van der Waals surface area (Å²) in [6.07, 6.45) is -3.92. The molecular weight excluding hydrogens is 474 g/mol. The normalized spacial score (nSPS) is 15.5. The Morgan fingerprint density at radius 3 is 2.68 bits per heavy atom. The van der Waals surface area contributed by atoms with Crippen molar-refractivity contribution in [3.05, 3.63) is 52.8 Å². The van der Waals surface area contributed by atoms with Gasteiger partial charge in [0.15, 0.2) is 11.7 Å². The zero-order valence-electron chi connectivity index (χ0n) is 18.4. The average molecular weight is 498 g/mol. The van der Waals surface area contributed by atoms with Gasteiger partial charge in [0, 0.05) is 38.8 Å². The first-order valence-corrected chi connectivity index (χ1v) is 11.5. The van der Waals surface area contributed by atoms with Crippen LogP contribution in [0.5, 0.6) is 5.75 Å². The fraction of sp³-hybridized carbons (Fsp3) is 0.391. The van der Waals surface area contributed by atoms with Crippen LogP contribution < -0.4 is 9.64 Å². The minimum absolute atomic E-state index is 0.222. The van der Waals surface area contributed by atoms with Gasteiger partial charge in [0.2, 0.25) is 0 Å². The van der Waals surface area contributed by atoms with Crippen LogP contribution in [-0.2, 0) is 17.5 Å². The van der Waals surface area contributed by atoms with E-state index < -0.39 is 30.1 Å². The van der Waals surface area contributed by atoms with Gasteiger partial charge in [-0.2, -0.15) is 13.2 Å². The smallest absolute Gasteiger partial charge is 0.419 e. The van der Waals surface area contributed by atoms with Crippen LogP contribution in [0.15, 0.2) is 30.3 Å². The van der Waals surface area contributed by atoms with Gasteiger partial charge in [-0.1, -0.05) is 17.4 Å². The first-order valence-electron chi connectivity index (χ1n) is 10.7. The molecule has 1 N–H and O–H groups in total. The fourth-order valence-corrected chi connectivity index (χ4v) is 5.05. The van der Waals surface area contributed by atoms with Gasteiger partial charge in [-0.15, -0.1) is 0 Å². The van der Waals surface area contributed by atoms with Crippen LogP contribution in [0.4, 0.5) is 22.7 Å². The molecule has 0 spiro atoms. The van der Waals surface area contributed by atoms with Gasteiger partial charge < -0.3 is 14.7 Å². The number of carbonyl (C=O) groups is 1. The minimum atomic E-state index is -4.75. The number of anilines is 1. The number of aryl methyl sites for hydroxylation is 1. The second-order valence-electron chi connectivity index (χ2n) is 8.25. The Morgan fingerprint density at radius 1 is 1.15 bits per heavy atom. The number of ether oxygens (including phenoxy) is 1. The second kappa shape index (κ2) is 9.75. The van der Waals surface area contributed by atoms with Crippen molar-refractivity contribution in [1.82, 2.24) is 9.88 Å². The molecule has 0 bridgehead atoms. The van der Waals surface area contributed by atoms with E-state index in [0.717, 1.165) is 47.6 Å². The molecule has 4 rings (SSSR count). The minimum Gasteiger partial charge on any atom is -0.482 e. The van der Waals surface area contributed by atoms with Crippen LogP contribution in [0.1, 0.15) is 23.1 Å². The Balaban J connectivity index is 1.44. The highest BCUT2D eigenvalue weighted by atomic mass is 32.1. The number of nitrogens with zero attached hydrogens (tertiary/aromatic N) is 3. The highest BCUT2D eigenvalue weighted by Gasteiger charge is 2.35. The maximum atomic E-state index is 13.9. The van der Waals surface area contributed by atoms with E-state index in [-0.39, 0.29) is 5.52 Å². The van der Waals surface area contributed by atoms with Gasteiger partial charge in [-0.25, -0.2) is 14.2 Å². The van der Waals surface area contributed by atoms with E-state index >= 15 is 0 Å². The molecule has 0 amide bonds. The lowest BCUT2D eigenvalue weighted by Crippen LogP contribution is -2.30. The van der Waals surface area contributed by atoms with Crippen LogP contribution >= 0.6 is 11.3 Å². The highest BCUT2D eigenvalue weighted by molar-refractivity contribution is 7.22. The van der Waals surface area contributed by atoms with Crippen LogP contribution in [0.2, 0.25) is 0 Å². The molecule has 2 aromatic carbocycles. The number of benzene rings is 2. The molecule has 2 heterocycles. The van der Waals surface area contributed by atoms with E-state index in [1.54, 1.807) is 6.07 Å². The maximum Gasteiger partial charge on any atom is 0.419 e. The lowest BCUT2D eigenvalue weighted by molar-refractivity contribution is -0.140. The molecule has 11 heteroatoms. The Kier molecular flexibility index (Phi) is 6.94. The Morgan fingerprint density at radius 2 is 1.94 bits per heavy atom. The van der Waals surface area contributed by atoms with Crippen LogP contribution in [0, 0.1) is 12.7 Å². The SMILES string of the molecule is Cc1cc(CN2CCCN(c3nc4cc(F)c(C(F)(F)F)cc4s3)CC2)cc(OCC(=O)O)c1. The summed E-state index contributed by atoms with van der Waals surface area (Å²) in [5, 5.41) is 9.40. The van der Waals surface area contributed by atoms with Crippen molar-refractivity contribution in [3.8, 4) is 5.75 Å². The summed E-state index contributed by atoms with van der Waals surface area (Å²) in [5.74, 6) is -1.85. The summed E-state index contributed by atoms with van der Waals surface area (Å²) in [5.41, 5.74) is 0.917. The third-order valence-electron chi connectivity index (χ3n) is 5.51. The van der Waals surface area contributed by atoms with E-state index in [1.165, 1.54) is 0 Å². The third-order valence-corrected chi connectivity index (χ3v) is 6.59. The Labute approximate surface area is 197 Å². The van der Waals surface area contributed by atoms with Gasteiger partial charge in [0.25, 0.3) is 0 Å². The zero-order valence-corrected chi connectivity index (χ0v) is 19.2. The van der Waals surface area contributed by atoms with E-state index in [1.807, 2.05) is 24.0 Å². The Hall–Kier alpha value is -2.92. The maximum absolute atomic E-state index is 13.9. The van der Waals surface area contributed by atoms with Crippen LogP contribution in [0.3, 0.4) is 0 Å². The molecular formula is C23H23F4N3O3S. The predicted octanol–water partition coefficient (Wildman–Crippen LogP) is 4.94. The molecule has 1 aromatic heterocycles.